The number of aliphatic hydroxyl groups is 5. The Labute approximate surface area is 191 Å². The van der Waals surface area contributed by atoms with Gasteiger partial charge in [0.05, 0.1) is 11.7 Å². The number of hydrogen-bond acceptors (Lipinski definition) is 10. The van der Waals surface area contributed by atoms with E-state index in [1.165, 1.54) is 20.2 Å². The third-order valence-electron chi connectivity index (χ3n) is 6.73. The van der Waals surface area contributed by atoms with Crippen LogP contribution in [0.2, 0.25) is 5.02 Å². The summed E-state index contributed by atoms with van der Waals surface area (Å²) in [6, 6.07) is 0.641. The monoisotopic (exact) mass is 480 g/mol. The van der Waals surface area contributed by atoms with Gasteiger partial charge in [-0.1, -0.05) is 11.6 Å². The number of hydrogen-bond donors (Lipinski definition) is 7. The first kappa shape index (κ1) is 23.2. The van der Waals surface area contributed by atoms with Crippen molar-refractivity contribution in [3.05, 3.63) is 45.2 Å². The number of rotatable bonds is 2. The number of phenolic OH excluding ortho intramolecular Hbond substituents is 1. The molecular formula is C21H21ClN2O9. The first-order chi connectivity index (χ1) is 15.2. The van der Waals surface area contributed by atoms with Gasteiger partial charge >= 0.3 is 0 Å². The number of primary amides is 1. The van der Waals surface area contributed by atoms with Crippen molar-refractivity contribution < 1.29 is 45.0 Å². The molecule has 0 aliphatic heterocycles. The molecule has 1 aromatic carbocycles. The summed E-state index contributed by atoms with van der Waals surface area (Å²) in [5.74, 6) is -8.27. The standard InChI is InChI=1S/C21H21ClN2O9/c1-24(2)16-15(28)12(19(23)31)18(30)21(33)17(29)9-6(5-20(16,21)32)13(26)10-7(22)3-4-8(25)11(10)14(9)27/h3-4,6,13,16,25-27,30,32-33H,5H2,1-2H3,(H2,23,31)/t6-,13-,16+,20?,21-/m0/s1. The first-order valence-corrected chi connectivity index (χ1v) is 10.2. The molecule has 8 N–H and O–H groups in total. The molecular weight excluding hydrogens is 460 g/mol. The van der Waals surface area contributed by atoms with E-state index in [1.54, 1.807) is 0 Å². The minimum atomic E-state index is -3.27. The fraction of sp³-hybridized carbons (Fsp3) is 0.381. The minimum Gasteiger partial charge on any atom is -0.508 e. The summed E-state index contributed by atoms with van der Waals surface area (Å²) in [6.07, 6.45) is -2.36. The van der Waals surface area contributed by atoms with E-state index in [0.717, 1.165) is 11.0 Å². The highest BCUT2D eigenvalue weighted by molar-refractivity contribution is 6.32. The number of carbonyl (C=O) groups is 3. The lowest BCUT2D eigenvalue weighted by Crippen LogP contribution is -2.77. The number of halogens is 1. The third-order valence-corrected chi connectivity index (χ3v) is 7.06. The topological polar surface area (TPSA) is 202 Å². The molecule has 176 valence electrons. The Morgan fingerprint density at radius 2 is 1.79 bits per heavy atom. The summed E-state index contributed by atoms with van der Waals surface area (Å²) in [4.78, 5) is 39.7. The van der Waals surface area contributed by atoms with Crippen LogP contribution >= 0.6 is 11.6 Å². The van der Waals surface area contributed by atoms with Crippen molar-refractivity contribution in [1.82, 2.24) is 4.90 Å². The van der Waals surface area contributed by atoms with Crippen LogP contribution in [-0.2, 0) is 14.4 Å². The van der Waals surface area contributed by atoms with Gasteiger partial charge in [-0.3, -0.25) is 19.3 Å². The average molecular weight is 481 g/mol. The van der Waals surface area contributed by atoms with Crippen LogP contribution in [0.3, 0.4) is 0 Å². The molecule has 33 heavy (non-hydrogen) atoms. The molecule has 0 heterocycles. The van der Waals surface area contributed by atoms with E-state index in [4.69, 9.17) is 17.3 Å². The lowest BCUT2D eigenvalue weighted by molar-refractivity contribution is -0.206. The second kappa shape index (κ2) is 7.02. The van der Waals surface area contributed by atoms with Crippen molar-refractivity contribution in [3.63, 3.8) is 0 Å². The number of Topliss-reactive ketones (excluding diaryl/α,β-unsaturated/α-hetero) is 2. The van der Waals surface area contributed by atoms with Gasteiger partial charge in [0.1, 0.15) is 28.7 Å². The zero-order valence-corrected chi connectivity index (χ0v) is 18.2. The van der Waals surface area contributed by atoms with Gasteiger partial charge in [0.25, 0.3) is 5.91 Å². The molecule has 0 radical (unpaired) electrons. The lowest BCUT2D eigenvalue weighted by atomic mass is 9.54. The Kier molecular flexibility index (Phi) is 4.94. The van der Waals surface area contributed by atoms with Gasteiger partial charge in [0, 0.05) is 22.1 Å². The quantitative estimate of drug-likeness (QED) is 0.263. The van der Waals surface area contributed by atoms with E-state index in [0.29, 0.717) is 0 Å². The number of aromatic hydroxyl groups is 1. The molecule has 1 unspecified atom stereocenters. The number of likely N-dealkylation sites (N-methyl/N-ethyl adjacent to an activating group) is 1. The Balaban J connectivity index is 2.09. The fourth-order valence-corrected chi connectivity index (χ4v) is 5.60. The number of aliphatic hydroxyl groups excluding tert-OH is 3. The van der Waals surface area contributed by atoms with Gasteiger partial charge in [-0.15, -0.1) is 0 Å². The molecule has 5 atom stereocenters. The van der Waals surface area contributed by atoms with Crippen molar-refractivity contribution in [2.24, 2.45) is 11.7 Å². The van der Waals surface area contributed by atoms with Gasteiger partial charge in [-0.25, -0.2) is 0 Å². The molecule has 1 amide bonds. The highest BCUT2D eigenvalue weighted by Crippen LogP contribution is 2.57. The molecule has 1 saturated carbocycles. The summed E-state index contributed by atoms with van der Waals surface area (Å²) in [6.45, 7) is 0. The van der Waals surface area contributed by atoms with Crippen LogP contribution in [-0.4, -0.2) is 84.4 Å². The number of phenols is 1. The van der Waals surface area contributed by atoms with Crippen LogP contribution in [0.15, 0.2) is 29.0 Å². The van der Waals surface area contributed by atoms with E-state index >= 15 is 0 Å². The Morgan fingerprint density at radius 1 is 1.18 bits per heavy atom. The van der Waals surface area contributed by atoms with Crippen LogP contribution < -0.4 is 5.73 Å². The zero-order chi connectivity index (χ0) is 24.8. The number of nitrogens with zero attached hydrogens (tertiary/aromatic N) is 1. The number of amides is 1. The lowest BCUT2D eigenvalue weighted by Gasteiger charge is -2.56. The number of nitrogens with two attached hydrogens (primary N) is 1. The summed E-state index contributed by atoms with van der Waals surface area (Å²) in [5.41, 5.74) is -2.99. The van der Waals surface area contributed by atoms with Crippen LogP contribution in [0.1, 0.15) is 23.7 Å². The van der Waals surface area contributed by atoms with Crippen LogP contribution in [0.4, 0.5) is 0 Å². The van der Waals surface area contributed by atoms with Crippen LogP contribution in [0, 0.1) is 5.92 Å². The van der Waals surface area contributed by atoms with E-state index in [2.05, 4.69) is 0 Å². The molecule has 4 rings (SSSR count). The minimum absolute atomic E-state index is 0.0520. The number of ketones is 2. The molecule has 0 spiro atoms. The zero-order valence-electron chi connectivity index (χ0n) is 17.4. The fourth-order valence-electron chi connectivity index (χ4n) is 5.33. The molecule has 11 nitrogen and oxygen atoms in total. The van der Waals surface area contributed by atoms with Gasteiger partial charge in [0.15, 0.2) is 11.5 Å². The van der Waals surface area contributed by atoms with Crippen molar-refractivity contribution in [1.29, 1.82) is 0 Å². The van der Waals surface area contributed by atoms with Crippen molar-refractivity contribution in [2.45, 2.75) is 29.8 Å². The maximum atomic E-state index is 13.6. The average Bonchev–Trinajstić information content (AvgIpc) is 2.70. The molecule has 0 aromatic heterocycles. The van der Waals surface area contributed by atoms with E-state index < -0.39 is 81.6 Å². The smallest absolute Gasteiger partial charge is 0.255 e. The normalized spacial score (nSPS) is 33.7. The van der Waals surface area contributed by atoms with E-state index in [1.807, 2.05) is 0 Å². The molecule has 1 aromatic rings. The number of benzene rings is 1. The highest BCUT2D eigenvalue weighted by atomic mass is 35.5. The van der Waals surface area contributed by atoms with E-state index in [-0.39, 0.29) is 16.1 Å². The summed E-state index contributed by atoms with van der Waals surface area (Å²) in [7, 11) is 2.66. The molecule has 3 aliphatic rings. The summed E-state index contributed by atoms with van der Waals surface area (Å²) < 4.78 is 0. The maximum Gasteiger partial charge on any atom is 0.255 e. The molecule has 12 heteroatoms. The number of fused-ring (bicyclic) bond motifs is 3. The van der Waals surface area contributed by atoms with Crippen molar-refractivity contribution >= 4 is 34.8 Å². The van der Waals surface area contributed by atoms with Crippen molar-refractivity contribution in [3.8, 4) is 5.75 Å². The molecule has 1 fully saturated rings. The van der Waals surface area contributed by atoms with Gasteiger partial charge in [-0.2, -0.15) is 0 Å². The largest absolute Gasteiger partial charge is 0.508 e. The molecule has 0 saturated heterocycles. The summed E-state index contributed by atoms with van der Waals surface area (Å²) in [5, 5.41) is 65.9. The predicted octanol–water partition coefficient (Wildman–Crippen LogP) is -0.777. The van der Waals surface area contributed by atoms with Gasteiger partial charge in [0.2, 0.25) is 11.4 Å². The molecule has 3 aliphatic carbocycles. The maximum absolute atomic E-state index is 13.6. The Hall–Kier alpha value is -2.96. The van der Waals surface area contributed by atoms with Gasteiger partial charge in [-0.05, 0) is 32.6 Å². The Morgan fingerprint density at radius 3 is 2.33 bits per heavy atom. The Bertz CT molecular complexity index is 1210. The SMILES string of the molecule is CN(C)[C@@H]1C(=O)C(C(N)=O)=C(O)[C@@]2(O)C(=O)C3=C(O)c4c(O)ccc(Cl)c4[C@@H](O)[C@H]3CC12O. The third kappa shape index (κ3) is 2.62. The van der Waals surface area contributed by atoms with Crippen LogP contribution in [0.5, 0.6) is 5.75 Å². The number of carbonyl (C=O) groups excluding carboxylic acids is 3. The van der Waals surface area contributed by atoms with Crippen LogP contribution in [0.25, 0.3) is 5.76 Å². The highest BCUT2D eigenvalue weighted by Gasteiger charge is 2.73. The summed E-state index contributed by atoms with van der Waals surface area (Å²) >= 11 is 6.16. The second-order valence-electron chi connectivity index (χ2n) is 8.65. The predicted molar refractivity (Wildman–Crippen MR) is 112 cm³/mol. The van der Waals surface area contributed by atoms with Crippen molar-refractivity contribution in [2.75, 3.05) is 14.1 Å². The first-order valence-electron chi connectivity index (χ1n) is 9.78. The van der Waals surface area contributed by atoms with E-state index in [9.17, 15) is 45.0 Å². The van der Waals surface area contributed by atoms with Gasteiger partial charge < -0.3 is 36.4 Å². The molecule has 0 bridgehead atoms. The second-order valence-corrected chi connectivity index (χ2v) is 9.06.